The van der Waals surface area contributed by atoms with Crippen LogP contribution < -0.4 is 16.0 Å². The molecule has 158 valence electrons. The Morgan fingerprint density at radius 1 is 1.29 bits per heavy atom. The van der Waals surface area contributed by atoms with Crippen LogP contribution in [0.15, 0.2) is 35.3 Å². The molecule has 1 aliphatic heterocycles. The molecule has 28 heavy (non-hydrogen) atoms. The molecule has 1 aromatic carbocycles. The molecule has 7 heteroatoms. The quantitative estimate of drug-likeness (QED) is 0.291. The molecular weight excluding hydrogens is 465 g/mol. The Hall–Kier alpha value is -1.35. The first-order valence-corrected chi connectivity index (χ1v) is 10.1. The molecule has 1 heterocycles. The maximum Gasteiger partial charge on any atom is 0.222 e. The Labute approximate surface area is 187 Å². The minimum Gasteiger partial charge on any atom is -0.357 e. The molecule has 3 N–H and O–H groups in total. The third-order valence-corrected chi connectivity index (χ3v) is 4.68. The van der Waals surface area contributed by atoms with Crippen molar-refractivity contribution in [3.8, 4) is 0 Å². The molecule has 1 fully saturated rings. The summed E-state index contributed by atoms with van der Waals surface area (Å²) >= 11 is 0. The van der Waals surface area contributed by atoms with E-state index >= 15 is 0 Å². The van der Waals surface area contributed by atoms with Crippen molar-refractivity contribution in [3.63, 3.8) is 0 Å². The van der Waals surface area contributed by atoms with Crippen molar-refractivity contribution in [2.24, 2.45) is 4.99 Å². The zero-order valence-electron chi connectivity index (χ0n) is 17.6. The van der Waals surface area contributed by atoms with Gasteiger partial charge in [-0.05, 0) is 39.7 Å². The van der Waals surface area contributed by atoms with Crippen LogP contribution in [0, 0.1) is 0 Å². The topological polar surface area (TPSA) is 68.8 Å². The Kier molecular flexibility index (Phi) is 11.4. The van der Waals surface area contributed by atoms with Crippen LogP contribution >= 0.6 is 24.0 Å². The van der Waals surface area contributed by atoms with E-state index in [0.29, 0.717) is 25.0 Å². The van der Waals surface area contributed by atoms with Crippen molar-refractivity contribution < 1.29 is 4.79 Å². The molecule has 1 aromatic rings. The first kappa shape index (κ1) is 24.7. The van der Waals surface area contributed by atoms with Crippen LogP contribution in [0.5, 0.6) is 0 Å². The van der Waals surface area contributed by atoms with Gasteiger partial charge in [0.05, 0.1) is 6.54 Å². The maximum atomic E-state index is 11.8. The molecule has 2 unspecified atom stereocenters. The molecule has 1 amide bonds. The number of rotatable bonds is 8. The average molecular weight is 501 g/mol. The van der Waals surface area contributed by atoms with E-state index in [9.17, 15) is 4.79 Å². The summed E-state index contributed by atoms with van der Waals surface area (Å²) < 4.78 is 0. The van der Waals surface area contributed by atoms with Crippen LogP contribution in [-0.4, -0.2) is 54.5 Å². The predicted octanol–water partition coefficient (Wildman–Crippen LogP) is 2.74. The molecule has 2 atom stereocenters. The fourth-order valence-electron chi connectivity index (χ4n) is 3.42. The van der Waals surface area contributed by atoms with E-state index in [4.69, 9.17) is 0 Å². The van der Waals surface area contributed by atoms with Gasteiger partial charge in [-0.15, -0.1) is 24.0 Å². The molecule has 0 aromatic heterocycles. The summed E-state index contributed by atoms with van der Waals surface area (Å²) in [6.45, 7) is 11.5. The van der Waals surface area contributed by atoms with Gasteiger partial charge in [-0.25, -0.2) is 0 Å². The van der Waals surface area contributed by atoms with E-state index in [2.05, 4.69) is 70.0 Å². The van der Waals surface area contributed by atoms with E-state index in [1.54, 1.807) is 0 Å². The first-order valence-electron chi connectivity index (χ1n) is 10.1. The van der Waals surface area contributed by atoms with E-state index in [1.807, 2.05) is 13.8 Å². The van der Waals surface area contributed by atoms with Crippen LogP contribution in [0.1, 0.15) is 46.1 Å². The van der Waals surface area contributed by atoms with Gasteiger partial charge in [0.15, 0.2) is 5.96 Å². The highest BCUT2D eigenvalue weighted by Gasteiger charge is 2.29. The van der Waals surface area contributed by atoms with Crippen LogP contribution in [0.4, 0.5) is 0 Å². The minimum absolute atomic E-state index is 0. The molecule has 2 rings (SSSR count). The number of nitrogens with one attached hydrogen (secondary N) is 3. The van der Waals surface area contributed by atoms with Crippen LogP contribution in [0.3, 0.4) is 0 Å². The number of nitrogens with zero attached hydrogens (tertiary/aromatic N) is 2. The number of carbonyl (C=O) groups excluding carboxylic acids is 1. The Bertz CT molecular complexity index is 608. The van der Waals surface area contributed by atoms with Crippen LogP contribution in [0.2, 0.25) is 0 Å². The molecule has 1 saturated heterocycles. The zero-order valence-corrected chi connectivity index (χ0v) is 19.9. The highest BCUT2D eigenvalue weighted by molar-refractivity contribution is 14.0. The van der Waals surface area contributed by atoms with Gasteiger partial charge in [0.25, 0.3) is 0 Å². The summed E-state index contributed by atoms with van der Waals surface area (Å²) in [4.78, 5) is 18.8. The lowest BCUT2D eigenvalue weighted by Crippen LogP contribution is -2.44. The van der Waals surface area contributed by atoms with Gasteiger partial charge in [-0.3, -0.25) is 14.7 Å². The first-order chi connectivity index (χ1) is 13.0. The Balaban J connectivity index is 0.00000392. The average Bonchev–Trinajstić information content (AvgIpc) is 2.94. The highest BCUT2D eigenvalue weighted by atomic mass is 127. The van der Waals surface area contributed by atoms with Crippen molar-refractivity contribution in [1.82, 2.24) is 20.9 Å². The highest BCUT2D eigenvalue weighted by Crippen LogP contribution is 2.20. The summed E-state index contributed by atoms with van der Waals surface area (Å²) in [5.41, 5.74) is 1.35. The number of aliphatic imine (C=N–C) groups is 1. The van der Waals surface area contributed by atoms with Gasteiger partial charge < -0.3 is 16.0 Å². The molecule has 0 aliphatic carbocycles. The van der Waals surface area contributed by atoms with Crippen molar-refractivity contribution >= 4 is 35.8 Å². The molecular formula is C21H36IN5O. The molecule has 0 radical (unpaired) electrons. The smallest absolute Gasteiger partial charge is 0.222 e. The summed E-state index contributed by atoms with van der Waals surface area (Å²) in [5, 5.41) is 9.74. The largest absolute Gasteiger partial charge is 0.357 e. The third kappa shape index (κ3) is 8.77. The van der Waals surface area contributed by atoms with E-state index in [1.165, 1.54) is 5.56 Å². The normalized spacial score (nSPS) is 20.0. The Morgan fingerprint density at radius 2 is 2.00 bits per heavy atom. The van der Waals surface area contributed by atoms with Gasteiger partial charge in [-0.1, -0.05) is 30.3 Å². The van der Waals surface area contributed by atoms with E-state index in [0.717, 1.165) is 32.0 Å². The molecule has 0 spiro atoms. The van der Waals surface area contributed by atoms with Crippen LogP contribution in [-0.2, 0) is 11.3 Å². The summed E-state index contributed by atoms with van der Waals surface area (Å²) in [5.74, 6) is 0.849. The van der Waals surface area contributed by atoms with Gasteiger partial charge in [0.1, 0.15) is 0 Å². The minimum atomic E-state index is 0. The molecule has 6 nitrogen and oxygen atoms in total. The van der Waals surface area contributed by atoms with E-state index in [-0.39, 0.29) is 35.9 Å². The summed E-state index contributed by atoms with van der Waals surface area (Å²) in [7, 11) is 0. The lowest BCUT2D eigenvalue weighted by Gasteiger charge is -2.21. The number of hydrogen-bond donors (Lipinski definition) is 3. The summed E-state index contributed by atoms with van der Waals surface area (Å²) in [6, 6.07) is 11.7. The molecule has 1 aliphatic rings. The summed E-state index contributed by atoms with van der Waals surface area (Å²) in [6.07, 6.45) is 1.50. The number of likely N-dealkylation sites (tertiary alicyclic amines) is 1. The number of amides is 1. The Morgan fingerprint density at radius 3 is 2.64 bits per heavy atom. The maximum absolute atomic E-state index is 11.8. The fourth-order valence-corrected chi connectivity index (χ4v) is 3.42. The lowest BCUT2D eigenvalue weighted by molar-refractivity contribution is -0.121. The number of benzene rings is 1. The predicted molar refractivity (Wildman–Crippen MR) is 127 cm³/mol. The lowest BCUT2D eigenvalue weighted by atomic mass is 10.2. The van der Waals surface area contributed by atoms with Crippen LogP contribution in [0.25, 0.3) is 0 Å². The van der Waals surface area contributed by atoms with Gasteiger partial charge in [0.2, 0.25) is 5.91 Å². The molecule has 0 saturated carbocycles. The third-order valence-electron chi connectivity index (χ3n) is 4.68. The van der Waals surface area contributed by atoms with Crippen molar-refractivity contribution in [2.45, 2.75) is 65.2 Å². The number of guanidine groups is 1. The second kappa shape index (κ2) is 13.0. The van der Waals surface area contributed by atoms with Gasteiger partial charge in [0, 0.05) is 44.2 Å². The molecule has 0 bridgehead atoms. The second-order valence-corrected chi connectivity index (χ2v) is 7.57. The second-order valence-electron chi connectivity index (χ2n) is 7.57. The standard InChI is InChI=1S/C21H35N5O.HI/c1-5-22-21(23-12-11-20(27)24-16(2)3)25-19-13-17(4)26(15-19)14-18-9-7-6-8-10-18;/h6-10,16-17,19H,5,11-15H2,1-4H3,(H,24,27)(H2,22,23,25);1H. The number of carbonyl (C=O) groups is 1. The van der Waals surface area contributed by atoms with Crippen molar-refractivity contribution in [1.29, 1.82) is 0 Å². The monoisotopic (exact) mass is 501 g/mol. The number of halogens is 1. The SMILES string of the molecule is CCNC(=NCCC(=O)NC(C)C)NC1CC(C)N(Cc2ccccc2)C1.I. The van der Waals surface area contributed by atoms with Gasteiger partial charge in [-0.2, -0.15) is 0 Å². The zero-order chi connectivity index (χ0) is 19.6. The van der Waals surface area contributed by atoms with Gasteiger partial charge >= 0.3 is 0 Å². The van der Waals surface area contributed by atoms with Crippen molar-refractivity contribution in [2.75, 3.05) is 19.6 Å². The van der Waals surface area contributed by atoms with Crippen molar-refractivity contribution in [3.05, 3.63) is 35.9 Å². The van der Waals surface area contributed by atoms with E-state index < -0.39 is 0 Å². The number of hydrogen-bond acceptors (Lipinski definition) is 3. The fraction of sp³-hybridized carbons (Fsp3) is 0.619.